The Bertz CT molecular complexity index is 266. The van der Waals surface area contributed by atoms with Crippen LogP contribution in [0, 0.1) is 5.41 Å². The average molecular weight is 227 g/mol. The number of methoxy groups -OCH3 is 1. The maximum atomic E-state index is 12.0. The molecule has 4 nitrogen and oxygen atoms in total. The van der Waals surface area contributed by atoms with Crippen molar-refractivity contribution in [1.29, 1.82) is 0 Å². The Balaban J connectivity index is 4.44. The van der Waals surface area contributed by atoms with Crippen LogP contribution in [0.4, 0.5) is 0 Å². The summed E-state index contributed by atoms with van der Waals surface area (Å²) in [7, 11) is 1.34. The van der Waals surface area contributed by atoms with Crippen molar-refractivity contribution in [3.63, 3.8) is 0 Å². The van der Waals surface area contributed by atoms with Crippen LogP contribution in [0.15, 0.2) is 12.7 Å². The van der Waals surface area contributed by atoms with Crippen molar-refractivity contribution in [3.05, 3.63) is 12.7 Å². The highest BCUT2D eigenvalue weighted by Gasteiger charge is 2.26. The highest BCUT2D eigenvalue weighted by Crippen LogP contribution is 2.17. The van der Waals surface area contributed by atoms with E-state index in [1.54, 1.807) is 11.0 Å². The first kappa shape index (κ1) is 14.7. The predicted molar refractivity (Wildman–Crippen MR) is 62.9 cm³/mol. The van der Waals surface area contributed by atoms with Crippen molar-refractivity contribution >= 4 is 11.9 Å². The molecular formula is C12H21NO3. The predicted octanol–water partition coefficient (Wildman–Crippen LogP) is 1.61. The SMILES string of the molecule is C=CCN(CCC(=O)OC)C(=O)C(C)(C)C. The normalized spacial score (nSPS) is 10.8. The van der Waals surface area contributed by atoms with Crippen LogP contribution in [-0.4, -0.2) is 37.0 Å². The summed E-state index contributed by atoms with van der Waals surface area (Å²) >= 11 is 0. The van der Waals surface area contributed by atoms with Gasteiger partial charge in [-0.25, -0.2) is 0 Å². The van der Waals surface area contributed by atoms with E-state index in [9.17, 15) is 9.59 Å². The van der Waals surface area contributed by atoms with Crippen molar-refractivity contribution in [3.8, 4) is 0 Å². The number of carbonyl (C=O) groups excluding carboxylic acids is 2. The van der Waals surface area contributed by atoms with Gasteiger partial charge in [0, 0.05) is 18.5 Å². The summed E-state index contributed by atoms with van der Waals surface area (Å²) in [5.74, 6) is -0.299. The Morgan fingerprint density at radius 3 is 2.31 bits per heavy atom. The molecule has 0 spiro atoms. The van der Waals surface area contributed by atoms with E-state index in [0.29, 0.717) is 13.1 Å². The summed E-state index contributed by atoms with van der Waals surface area (Å²) in [5.41, 5.74) is -0.445. The van der Waals surface area contributed by atoms with E-state index in [1.165, 1.54) is 7.11 Å². The van der Waals surface area contributed by atoms with E-state index < -0.39 is 5.41 Å². The third-order valence-electron chi connectivity index (χ3n) is 2.09. The van der Waals surface area contributed by atoms with Gasteiger partial charge in [0.1, 0.15) is 0 Å². The summed E-state index contributed by atoms with van der Waals surface area (Å²) < 4.78 is 4.54. The Hall–Kier alpha value is -1.32. The second-order valence-corrected chi connectivity index (χ2v) is 4.62. The maximum absolute atomic E-state index is 12.0. The number of rotatable bonds is 5. The van der Waals surface area contributed by atoms with Gasteiger partial charge in [0.15, 0.2) is 0 Å². The minimum absolute atomic E-state index is 0.0105. The molecule has 0 saturated carbocycles. The lowest BCUT2D eigenvalue weighted by Crippen LogP contribution is -2.40. The summed E-state index contributed by atoms with van der Waals surface area (Å²) in [6.45, 7) is 9.98. The molecule has 0 heterocycles. The monoisotopic (exact) mass is 227 g/mol. The molecule has 0 aliphatic heterocycles. The second-order valence-electron chi connectivity index (χ2n) is 4.62. The van der Waals surface area contributed by atoms with Gasteiger partial charge in [0.25, 0.3) is 0 Å². The molecule has 0 aliphatic rings. The van der Waals surface area contributed by atoms with Crippen LogP contribution in [0.1, 0.15) is 27.2 Å². The summed E-state index contributed by atoms with van der Waals surface area (Å²) in [4.78, 5) is 24.6. The van der Waals surface area contributed by atoms with Gasteiger partial charge in [0.05, 0.1) is 13.5 Å². The second kappa shape index (κ2) is 6.30. The molecule has 0 N–H and O–H groups in total. The topological polar surface area (TPSA) is 46.6 Å². The van der Waals surface area contributed by atoms with Crippen LogP contribution in [0.5, 0.6) is 0 Å². The van der Waals surface area contributed by atoms with E-state index in [1.807, 2.05) is 20.8 Å². The molecule has 0 unspecified atom stereocenters. The van der Waals surface area contributed by atoms with E-state index in [2.05, 4.69) is 11.3 Å². The lowest BCUT2D eigenvalue weighted by atomic mass is 9.94. The molecule has 0 aromatic carbocycles. The van der Waals surface area contributed by atoms with Gasteiger partial charge in [-0.1, -0.05) is 26.8 Å². The molecular weight excluding hydrogens is 206 g/mol. The Labute approximate surface area is 97.3 Å². The zero-order chi connectivity index (χ0) is 12.8. The van der Waals surface area contributed by atoms with Crippen LogP contribution in [0.2, 0.25) is 0 Å². The third-order valence-corrected chi connectivity index (χ3v) is 2.09. The van der Waals surface area contributed by atoms with Crippen LogP contribution in [0.3, 0.4) is 0 Å². The molecule has 16 heavy (non-hydrogen) atoms. The quantitative estimate of drug-likeness (QED) is 0.529. The molecule has 0 radical (unpaired) electrons. The molecule has 0 aromatic rings. The fourth-order valence-corrected chi connectivity index (χ4v) is 1.23. The molecule has 0 atom stereocenters. The highest BCUT2D eigenvalue weighted by molar-refractivity contribution is 5.82. The number of hydrogen-bond acceptors (Lipinski definition) is 3. The first-order chi connectivity index (χ1) is 7.32. The molecule has 0 aliphatic carbocycles. The van der Waals surface area contributed by atoms with Gasteiger partial charge in [0.2, 0.25) is 5.91 Å². The lowest BCUT2D eigenvalue weighted by Gasteiger charge is -2.28. The fraction of sp³-hybridized carbons (Fsp3) is 0.667. The minimum Gasteiger partial charge on any atom is -0.469 e. The maximum Gasteiger partial charge on any atom is 0.307 e. The lowest BCUT2D eigenvalue weighted by molar-refractivity contribution is -0.143. The van der Waals surface area contributed by atoms with Gasteiger partial charge in [-0.15, -0.1) is 6.58 Å². The number of amides is 1. The van der Waals surface area contributed by atoms with Crippen LogP contribution in [-0.2, 0) is 14.3 Å². The van der Waals surface area contributed by atoms with Gasteiger partial charge >= 0.3 is 5.97 Å². The molecule has 0 bridgehead atoms. The summed E-state index contributed by atoms with van der Waals surface area (Å²) in [5, 5.41) is 0. The van der Waals surface area contributed by atoms with E-state index in [-0.39, 0.29) is 18.3 Å². The largest absolute Gasteiger partial charge is 0.469 e. The third kappa shape index (κ3) is 4.96. The number of esters is 1. The van der Waals surface area contributed by atoms with Crippen molar-refractivity contribution in [2.45, 2.75) is 27.2 Å². The van der Waals surface area contributed by atoms with Crippen molar-refractivity contribution in [1.82, 2.24) is 4.90 Å². The average Bonchev–Trinajstić information content (AvgIpc) is 2.21. The smallest absolute Gasteiger partial charge is 0.307 e. The van der Waals surface area contributed by atoms with Gasteiger partial charge in [-0.3, -0.25) is 9.59 Å². The van der Waals surface area contributed by atoms with Crippen molar-refractivity contribution in [2.75, 3.05) is 20.2 Å². The number of carbonyl (C=O) groups is 2. The first-order valence-electron chi connectivity index (χ1n) is 5.30. The molecule has 1 amide bonds. The van der Waals surface area contributed by atoms with E-state index in [4.69, 9.17) is 0 Å². The van der Waals surface area contributed by atoms with E-state index in [0.717, 1.165) is 0 Å². The van der Waals surface area contributed by atoms with Gasteiger partial charge in [-0.2, -0.15) is 0 Å². The van der Waals surface area contributed by atoms with Crippen molar-refractivity contribution in [2.24, 2.45) is 5.41 Å². The first-order valence-corrected chi connectivity index (χ1v) is 5.30. The fourth-order valence-electron chi connectivity index (χ4n) is 1.23. The molecule has 92 valence electrons. The molecule has 0 fully saturated rings. The Morgan fingerprint density at radius 2 is 1.94 bits per heavy atom. The molecule has 0 aromatic heterocycles. The molecule has 0 saturated heterocycles. The zero-order valence-corrected chi connectivity index (χ0v) is 10.6. The van der Waals surface area contributed by atoms with Crippen LogP contribution in [0.25, 0.3) is 0 Å². The Kier molecular flexibility index (Phi) is 5.78. The minimum atomic E-state index is -0.445. The highest BCUT2D eigenvalue weighted by atomic mass is 16.5. The number of hydrogen-bond donors (Lipinski definition) is 0. The van der Waals surface area contributed by atoms with Crippen molar-refractivity contribution < 1.29 is 14.3 Å². The zero-order valence-electron chi connectivity index (χ0n) is 10.6. The van der Waals surface area contributed by atoms with Crippen LogP contribution < -0.4 is 0 Å². The van der Waals surface area contributed by atoms with E-state index >= 15 is 0 Å². The van der Waals surface area contributed by atoms with Gasteiger partial charge < -0.3 is 9.64 Å². The summed E-state index contributed by atoms with van der Waals surface area (Å²) in [6, 6.07) is 0. The summed E-state index contributed by atoms with van der Waals surface area (Å²) in [6.07, 6.45) is 1.87. The Morgan fingerprint density at radius 1 is 1.38 bits per heavy atom. The van der Waals surface area contributed by atoms with Crippen LogP contribution >= 0.6 is 0 Å². The number of ether oxygens (including phenoxy) is 1. The standard InChI is InChI=1S/C12H21NO3/c1-6-8-13(9-7-10(14)16-5)11(15)12(2,3)4/h6H,1,7-9H2,2-5H3. The molecule has 4 heteroatoms. The molecule has 0 rings (SSSR count). The van der Waals surface area contributed by atoms with Gasteiger partial charge in [-0.05, 0) is 0 Å². The number of nitrogens with zero attached hydrogens (tertiary/aromatic N) is 1.